The first kappa shape index (κ1) is 17.2. The summed E-state index contributed by atoms with van der Waals surface area (Å²) < 4.78 is 29.6. The van der Waals surface area contributed by atoms with Gasteiger partial charge in [-0.2, -0.15) is 4.39 Å². The summed E-state index contributed by atoms with van der Waals surface area (Å²) in [5, 5.41) is 2.51. The molecule has 3 rings (SSSR count). The Bertz CT molecular complexity index is 750. The van der Waals surface area contributed by atoms with E-state index in [2.05, 4.69) is 15.3 Å². The number of ether oxygens (including phenoxy) is 3. The molecule has 0 radical (unpaired) electrons. The molecule has 1 unspecified atom stereocenters. The molecule has 0 spiro atoms. The van der Waals surface area contributed by atoms with E-state index in [1.807, 2.05) is 0 Å². The first-order chi connectivity index (χ1) is 12.1. The van der Waals surface area contributed by atoms with Gasteiger partial charge in [-0.25, -0.2) is 9.97 Å². The third-order valence-electron chi connectivity index (χ3n) is 3.44. The molecule has 7 nitrogen and oxygen atoms in total. The Morgan fingerprint density at radius 1 is 1.36 bits per heavy atom. The van der Waals surface area contributed by atoms with Crippen molar-refractivity contribution in [2.75, 3.05) is 31.7 Å². The van der Waals surface area contributed by atoms with Gasteiger partial charge in [0.1, 0.15) is 30.0 Å². The highest BCUT2D eigenvalue weighted by atomic mass is 19.1. The van der Waals surface area contributed by atoms with E-state index in [1.165, 1.54) is 24.3 Å². The van der Waals surface area contributed by atoms with E-state index >= 15 is 0 Å². The van der Waals surface area contributed by atoms with Crippen LogP contribution in [0, 0.1) is 12.9 Å². The number of anilines is 1. The van der Waals surface area contributed by atoms with Crippen LogP contribution in [0.25, 0.3) is 0 Å². The summed E-state index contributed by atoms with van der Waals surface area (Å²) >= 11 is 0. The SMILES string of the molecule is Cc1cc(OCC2COCCO2)cc(C(=O)Nc2cccc(F)n2)n1. The maximum absolute atomic E-state index is 13.1. The Hall–Kier alpha value is -2.58. The smallest absolute Gasteiger partial charge is 0.275 e. The molecule has 1 fully saturated rings. The number of hydrogen-bond acceptors (Lipinski definition) is 6. The van der Waals surface area contributed by atoms with Crippen LogP contribution in [0.15, 0.2) is 30.3 Å². The lowest BCUT2D eigenvalue weighted by atomic mass is 10.2. The molecule has 0 bridgehead atoms. The van der Waals surface area contributed by atoms with Crippen molar-refractivity contribution in [3.05, 3.63) is 47.7 Å². The van der Waals surface area contributed by atoms with Gasteiger partial charge >= 0.3 is 0 Å². The summed E-state index contributed by atoms with van der Waals surface area (Å²) in [6, 6.07) is 7.40. The molecule has 0 saturated carbocycles. The zero-order valence-corrected chi connectivity index (χ0v) is 13.7. The minimum atomic E-state index is -0.672. The summed E-state index contributed by atoms with van der Waals surface area (Å²) in [7, 11) is 0. The molecular formula is C17H18FN3O4. The third kappa shape index (κ3) is 4.94. The van der Waals surface area contributed by atoms with Crippen molar-refractivity contribution >= 4 is 11.7 Å². The number of nitrogens with zero attached hydrogens (tertiary/aromatic N) is 2. The Morgan fingerprint density at radius 2 is 2.24 bits per heavy atom. The van der Waals surface area contributed by atoms with Gasteiger partial charge in [-0.1, -0.05) is 6.07 Å². The molecule has 8 heteroatoms. The number of halogens is 1. The molecule has 1 aliphatic heterocycles. The average Bonchev–Trinajstić information content (AvgIpc) is 2.60. The largest absolute Gasteiger partial charge is 0.491 e. The topological polar surface area (TPSA) is 82.6 Å². The van der Waals surface area contributed by atoms with Crippen molar-refractivity contribution in [2.24, 2.45) is 0 Å². The second-order valence-corrected chi connectivity index (χ2v) is 5.51. The zero-order chi connectivity index (χ0) is 17.6. The molecule has 25 heavy (non-hydrogen) atoms. The van der Waals surface area contributed by atoms with Gasteiger partial charge in [0.2, 0.25) is 5.95 Å². The van der Waals surface area contributed by atoms with Gasteiger partial charge in [-0.05, 0) is 19.1 Å². The molecule has 1 N–H and O–H groups in total. The van der Waals surface area contributed by atoms with Crippen molar-refractivity contribution in [3.8, 4) is 5.75 Å². The highest BCUT2D eigenvalue weighted by molar-refractivity contribution is 6.02. The lowest BCUT2D eigenvalue weighted by Crippen LogP contribution is -2.33. The van der Waals surface area contributed by atoms with Gasteiger partial charge in [0.15, 0.2) is 0 Å². The van der Waals surface area contributed by atoms with Gasteiger partial charge < -0.3 is 19.5 Å². The number of amides is 1. The third-order valence-corrected chi connectivity index (χ3v) is 3.44. The molecule has 1 amide bonds. The number of nitrogens with one attached hydrogen (secondary N) is 1. The first-order valence-electron chi connectivity index (χ1n) is 7.85. The lowest BCUT2D eigenvalue weighted by molar-refractivity contribution is -0.101. The number of carbonyl (C=O) groups excluding carboxylic acids is 1. The van der Waals surface area contributed by atoms with Crippen LogP contribution in [0.1, 0.15) is 16.2 Å². The van der Waals surface area contributed by atoms with E-state index in [9.17, 15) is 9.18 Å². The monoisotopic (exact) mass is 347 g/mol. The Labute approximate surface area is 144 Å². The van der Waals surface area contributed by atoms with Crippen molar-refractivity contribution in [1.82, 2.24) is 9.97 Å². The Morgan fingerprint density at radius 3 is 3.00 bits per heavy atom. The van der Waals surface area contributed by atoms with Crippen LogP contribution in [0.4, 0.5) is 10.2 Å². The summed E-state index contributed by atoms with van der Waals surface area (Å²) in [6.07, 6.45) is -0.143. The number of aromatic nitrogens is 2. The fourth-order valence-corrected chi connectivity index (χ4v) is 2.32. The quantitative estimate of drug-likeness (QED) is 0.833. The summed E-state index contributed by atoms with van der Waals surface area (Å²) in [5.41, 5.74) is 0.775. The van der Waals surface area contributed by atoms with Gasteiger partial charge in [0.25, 0.3) is 5.91 Å². The molecule has 1 aliphatic rings. The maximum Gasteiger partial charge on any atom is 0.275 e. The van der Waals surface area contributed by atoms with Gasteiger partial charge in [0.05, 0.1) is 19.8 Å². The van der Waals surface area contributed by atoms with Gasteiger partial charge in [0, 0.05) is 17.8 Å². The van der Waals surface area contributed by atoms with E-state index in [1.54, 1.807) is 13.0 Å². The van der Waals surface area contributed by atoms with Crippen LogP contribution in [0.2, 0.25) is 0 Å². The first-order valence-corrected chi connectivity index (χ1v) is 7.85. The van der Waals surface area contributed by atoms with Crippen molar-refractivity contribution < 1.29 is 23.4 Å². The van der Waals surface area contributed by atoms with E-state index in [4.69, 9.17) is 14.2 Å². The van der Waals surface area contributed by atoms with Crippen molar-refractivity contribution in [2.45, 2.75) is 13.0 Å². The average molecular weight is 347 g/mol. The summed E-state index contributed by atoms with van der Waals surface area (Å²) in [6.45, 7) is 3.67. The van der Waals surface area contributed by atoms with Crippen molar-refractivity contribution in [3.63, 3.8) is 0 Å². The molecule has 132 valence electrons. The normalized spacial score (nSPS) is 17.1. The van der Waals surface area contributed by atoms with Crippen LogP contribution in [0.5, 0.6) is 5.75 Å². The maximum atomic E-state index is 13.1. The highest BCUT2D eigenvalue weighted by Crippen LogP contribution is 2.16. The van der Waals surface area contributed by atoms with Gasteiger partial charge in [-0.15, -0.1) is 0 Å². The highest BCUT2D eigenvalue weighted by Gasteiger charge is 2.16. The molecule has 2 aromatic rings. The van der Waals surface area contributed by atoms with Crippen molar-refractivity contribution in [1.29, 1.82) is 0 Å². The zero-order valence-electron chi connectivity index (χ0n) is 13.7. The molecule has 0 aliphatic carbocycles. The fourth-order valence-electron chi connectivity index (χ4n) is 2.32. The number of aryl methyl sites for hydroxylation is 1. The number of pyridine rings is 2. The van der Waals surface area contributed by atoms with Crippen LogP contribution >= 0.6 is 0 Å². The number of carbonyl (C=O) groups is 1. The van der Waals surface area contributed by atoms with E-state index in [-0.39, 0.29) is 17.6 Å². The molecule has 1 saturated heterocycles. The summed E-state index contributed by atoms with van der Waals surface area (Å²) in [4.78, 5) is 20.1. The minimum Gasteiger partial charge on any atom is -0.491 e. The predicted octanol–water partition coefficient (Wildman–Crippen LogP) is 1.97. The summed E-state index contributed by atoms with van der Waals surface area (Å²) in [5.74, 6) is -0.555. The molecule has 3 heterocycles. The van der Waals surface area contributed by atoms with E-state index in [0.717, 1.165) is 0 Å². The van der Waals surface area contributed by atoms with Gasteiger partial charge in [-0.3, -0.25) is 4.79 Å². The Kier molecular flexibility index (Phi) is 5.52. The molecule has 0 aromatic carbocycles. The second-order valence-electron chi connectivity index (χ2n) is 5.51. The number of hydrogen-bond donors (Lipinski definition) is 1. The standard InChI is InChI=1S/C17H18FN3O4/c1-11-7-12(25-10-13-9-23-5-6-24-13)8-14(19-11)17(22)21-16-4-2-3-15(18)20-16/h2-4,7-8,13H,5-6,9-10H2,1H3,(H,20,21,22). The van der Waals surface area contributed by atoms with Crippen LogP contribution in [-0.4, -0.2) is 48.4 Å². The van der Waals surface area contributed by atoms with E-state index < -0.39 is 11.9 Å². The van der Waals surface area contributed by atoms with Crippen LogP contribution in [-0.2, 0) is 9.47 Å². The Balaban J connectivity index is 1.66. The molecule has 1 atom stereocenters. The van der Waals surface area contributed by atoms with Crippen LogP contribution in [0.3, 0.4) is 0 Å². The lowest BCUT2D eigenvalue weighted by Gasteiger charge is -2.23. The molecule has 2 aromatic heterocycles. The second kappa shape index (κ2) is 8.00. The number of rotatable bonds is 5. The van der Waals surface area contributed by atoms with Crippen LogP contribution < -0.4 is 10.1 Å². The minimum absolute atomic E-state index is 0.114. The van der Waals surface area contributed by atoms with E-state index in [0.29, 0.717) is 37.9 Å². The fraction of sp³-hybridized carbons (Fsp3) is 0.353. The predicted molar refractivity (Wildman–Crippen MR) is 87.2 cm³/mol. The molecular weight excluding hydrogens is 329 g/mol.